The van der Waals surface area contributed by atoms with Crippen molar-refractivity contribution >= 4 is 17.2 Å². The third kappa shape index (κ3) is 3.64. The van der Waals surface area contributed by atoms with Crippen molar-refractivity contribution in [3.8, 4) is 5.75 Å². The number of hydrogen-bond donors (Lipinski definition) is 2. The first-order valence-corrected chi connectivity index (χ1v) is 10.1. The van der Waals surface area contributed by atoms with E-state index in [0.717, 1.165) is 46.8 Å². The van der Waals surface area contributed by atoms with Gasteiger partial charge in [0.1, 0.15) is 5.75 Å². The number of allylic oxidation sites excluding steroid dienone is 1. The Balaban J connectivity index is 1.76. The molecule has 1 heterocycles. The van der Waals surface area contributed by atoms with Gasteiger partial charge in [-0.05, 0) is 48.1 Å². The van der Waals surface area contributed by atoms with E-state index in [9.17, 15) is 4.79 Å². The van der Waals surface area contributed by atoms with E-state index in [0.29, 0.717) is 13.0 Å². The molecule has 0 saturated carbocycles. The molecule has 0 fully saturated rings. The van der Waals surface area contributed by atoms with Gasteiger partial charge in [-0.15, -0.1) is 0 Å². The SMILES string of the molecule is CCCOc1ccc(C2Nc3ccccc3NC3=C2C(=O)CC(C)(C)C3)cc1. The minimum absolute atomic E-state index is 0.0371. The number of carbonyl (C=O) groups is 1. The zero-order chi connectivity index (χ0) is 19.7. The summed E-state index contributed by atoms with van der Waals surface area (Å²) in [6, 6.07) is 16.1. The number of nitrogens with one attached hydrogen (secondary N) is 2. The fourth-order valence-electron chi connectivity index (χ4n) is 4.12. The van der Waals surface area contributed by atoms with Crippen molar-refractivity contribution < 1.29 is 9.53 Å². The summed E-state index contributed by atoms with van der Waals surface area (Å²) in [5, 5.41) is 7.17. The largest absolute Gasteiger partial charge is 0.494 e. The standard InChI is InChI=1S/C24H28N2O2/c1-4-13-28-17-11-9-16(10-12-17)23-22-20(14-24(2,3)15-21(22)27)25-18-7-5-6-8-19(18)26-23/h5-12,23,25-26H,4,13-15H2,1-3H3. The van der Waals surface area contributed by atoms with E-state index in [1.807, 2.05) is 24.3 Å². The number of rotatable bonds is 4. The molecular weight excluding hydrogens is 348 g/mol. The summed E-state index contributed by atoms with van der Waals surface area (Å²) in [5.74, 6) is 1.08. The van der Waals surface area contributed by atoms with Crippen molar-refractivity contribution in [1.29, 1.82) is 0 Å². The van der Waals surface area contributed by atoms with Crippen LogP contribution in [0.1, 0.15) is 51.6 Å². The lowest BCUT2D eigenvalue weighted by Gasteiger charge is -2.34. The van der Waals surface area contributed by atoms with Crippen molar-refractivity contribution in [3.63, 3.8) is 0 Å². The van der Waals surface area contributed by atoms with Crippen LogP contribution in [0, 0.1) is 5.41 Å². The molecule has 0 saturated heterocycles. The Bertz CT molecular complexity index is 912. The van der Waals surface area contributed by atoms with Crippen LogP contribution in [0.25, 0.3) is 0 Å². The second-order valence-corrected chi connectivity index (χ2v) is 8.50. The molecule has 0 radical (unpaired) electrons. The quantitative estimate of drug-likeness (QED) is 0.719. The van der Waals surface area contributed by atoms with E-state index in [4.69, 9.17) is 4.74 Å². The van der Waals surface area contributed by atoms with Crippen LogP contribution in [0.15, 0.2) is 59.8 Å². The van der Waals surface area contributed by atoms with Crippen LogP contribution in [-0.4, -0.2) is 12.4 Å². The lowest BCUT2D eigenvalue weighted by Crippen LogP contribution is -2.31. The van der Waals surface area contributed by atoms with E-state index in [-0.39, 0.29) is 17.2 Å². The van der Waals surface area contributed by atoms with Gasteiger partial charge in [0, 0.05) is 17.7 Å². The molecule has 1 atom stereocenters. The molecular formula is C24H28N2O2. The van der Waals surface area contributed by atoms with Crippen LogP contribution >= 0.6 is 0 Å². The smallest absolute Gasteiger partial charge is 0.163 e. The Morgan fingerprint density at radius 2 is 1.75 bits per heavy atom. The van der Waals surface area contributed by atoms with Gasteiger partial charge < -0.3 is 15.4 Å². The third-order valence-corrected chi connectivity index (χ3v) is 5.41. The van der Waals surface area contributed by atoms with Gasteiger partial charge in [-0.3, -0.25) is 4.79 Å². The van der Waals surface area contributed by atoms with Crippen LogP contribution in [-0.2, 0) is 4.79 Å². The molecule has 0 aromatic heterocycles. The molecule has 0 bridgehead atoms. The Labute approximate surface area is 167 Å². The summed E-state index contributed by atoms with van der Waals surface area (Å²) in [4.78, 5) is 13.2. The highest BCUT2D eigenvalue weighted by Gasteiger charge is 2.38. The minimum atomic E-state index is -0.171. The van der Waals surface area contributed by atoms with Crippen LogP contribution in [0.5, 0.6) is 5.75 Å². The lowest BCUT2D eigenvalue weighted by atomic mass is 9.73. The van der Waals surface area contributed by atoms with Crippen molar-refractivity contribution in [2.45, 2.75) is 46.1 Å². The second-order valence-electron chi connectivity index (χ2n) is 8.50. The molecule has 2 N–H and O–H groups in total. The topological polar surface area (TPSA) is 50.4 Å². The summed E-state index contributed by atoms with van der Waals surface area (Å²) in [6.45, 7) is 7.13. The number of anilines is 2. The molecule has 0 spiro atoms. The van der Waals surface area contributed by atoms with E-state index >= 15 is 0 Å². The predicted molar refractivity (Wildman–Crippen MR) is 114 cm³/mol. The second kappa shape index (κ2) is 7.34. The molecule has 4 heteroatoms. The maximum atomic E-state index is 13.2. The molecule has 0 amide bonds. The predicted octanol–water partition coefficient (Wildman–Crippen LogP) is 5.70. The Morgan fingerprint density at radius 3 is 2.46 bits per heavy atom. The Morgan fingerprint density at radius 1 is 1.04 bits per heavy atom. The van der Waals surface area contributed by atoms with Crippen molar-refractivity contribution in [3.05, 3.63) is 65.4 Å². The highest BCUT2D eigenvalue weighted by Crippen LogP contribution is 2.45. The van der Waals surface area contributed by atoms with Gasteiger partial charge in [0.2, 0.25) is 0 Å². The molecule has 2 aliphatic rings. The average molecular weight is 377 g/mol. The first-order valence-electron chi connectivity index (χ1n) is 10.1. The summed E-state index contributed by atoms with van der Waals surface area (Å²) >= 11 is 0. The summed E-state index contributed by atoms with van der Waals surface area (Å²) in [5.41, 5.74) is 4.96. The van der Waals surface area contributed by atoms with Gasteiger partial charge in [-0.2, -0.15) is 0 Å². The monoisotopic (exact) mass is 376 g/mol. The molecule has 1 aliphatic heterocycles. The third-order valence-electron chi connectivity index (χ3n) is 5.41. The van der Waals surface area contributed by atoms with Crippen LogP contribution < -0.4 is 15.4 Å². The molecule has 28 heavy (non-hydrogen) atoms. The van der Waals surface area contributed by atoms with Crippen LogP contribution in [0.3, 0.4) is 0 Å². The number of ether oxygens (including phenoxy) is 1. The van der Waals surface area contributed by atoms with Crippen LogP contribution in [0.2, 0.25) is 0 Å². The van der Waals surface area contributed by atoms with E-state index in [1.54, 1.807) is 0 Å². The molecule has 146 valence electrons. The van der Waals surface area contributed by atoms with Crippen molar-refractivity contribution in [2.75, 3.05) is 17.2 Å². The van der Waals surface area contributed by atoms with E-state index in [2.05, 4.69) is 55.7 Å². The fraction of sp³-hybridized carbons (Fsp3) is 0.375. The zero-order valence-corrected chi connectivity index (χ0v) is 16.8. The molecule has 4 nitrogen and oxygen atoms in total. The van der Waals surface area contributed by atoms with Gasteiger partial charge in [0.15, 0.2) is 5.78 Å². The summed E-state index contributed by atoms with van der Waals surface area (Å²) in [7, 11) is 0. The lowest BCUT2D eigenvalue weighted by molar-refractivity contribution is -0.118. The molecule has 2 aromatic carbocycles. The van der Waals surface area contributed by atoms with Gasteiger partial charge in [-0.25, -0.2) is 0 Å². The zero-order valence-electron chi connectivity index (χ0n) is 16.8. The average Bonchev–Trinajstić information content (AvgIpc) is 2.82. The molecule has 1 unspecified atom stereocenters. The van der Waals surface area contributed by atoms with Crippen molar-refractivity contribution in [2.24, 2.45) is 5.41 Å². The van der Waals surface area contributed by atoms with Gasteiger partial charge in [-0.1, -0.05) is 45.0 Å². The van der Waals surface area contributed by atoms with E-state index in [1.165, 1.54) is 0 Å². The van der Waals surface area contributed by atoms with Gasteiger partial charge >= 0.3 is 0 Å². The number of benzene rings is 2. The van der Waals surface area contributed by atoms with Gasteiger partial charge in [0.05, 0.1) is 24.0 Å². The maximum absolute atomic E-state index is 13.2. The Kier molecular flexibility index (Phi) is 4.88. The summed E-state index contributed by atoms with van der Waals surface area (Å²) in [6.07, 6.45) is 2.41. The number of hydrogen-bond acceptors (Lipinski definition) is 4. The van der Waals surface area contributed by atoms with Gasteiger partial charge in [0.25, 0.3) is 0 Å². The first kappa shape index (κ1) is 18.6. The maximum Gasteiger partial charge on any atom is 0.163 e. The fourth-order valence-corrected chi connectivity index (χ4v) is 4.12. The minimum Gasteiger partial charge on any atom is -0.494 e. The van der Waals surface area contributed by atoms with Crippen LogP contribution in [0.4, 0.5) is 11.4 Å². The molecule has 4 rings (SSSR count). The Hall–Kier alpha value is -2.75. The molecule has 1 aliphatic carbocycles. The number of ketones is 1. The normalized spacial score (nSPS) is 20.4. The highest BCUT2D eigenvalue weighted by molar-refractivity contribution is 6.01. The number of para-hydroxylation sites is 2. The highest BCUT2D eigenvalue weighted by atomic mass is 16.5. The van der Waals surface area contributed by atoms with Crippen molar-refractivity contribution in [1.82, 2.24) is 0 Å². The summed E-state index contributed by atoms with van der Waals surface area (Å²) < 4.78 is 5.72. The molecule has 2 aromatic rings. The first-order chi connectivity index (χ1) is 13.5. The van der Waals surface area contributed by atoms with E-state index < -0.39 is 0 Å². The number of fused-ring (bicyclic) bond motifs is 1. The number of carbonyl (C=O) groups excluding carboxylic acids is 1. The number of Topliss-reactive ketones (excluding diaryl/α,β-unsaturated/α-hetero) is 1.